The summed E-state index contributed by atoms with van der Waals surface area (Å²) in [5, 5.41) is 27.0. The number of carboxylic acid groups (broad SMARTS) is 1. The van der Waals surface area contributed by atoms with Gasteiger partial charge in [0.15, 0.2) is 5.54 Å². The standard InChI is InChI=1S/C13H20N4O7S/c1-17-3-7(11(14)20)6-2-9(18)13(12(21)22,8(6)4-17)16-10(19)5-25(15,23)24/h3,6,8-9,18H,2,4-5H2,1H3,(H2,14,20)(H,16,19)(H,21,22)(H2,15,23,24)/t6?,8?,9?,13-/m1/s1. The molecule has 1 aliphatic carbocycles. The Morgan fingerprint density at radius 3 is 2.52 bits per heavy atom. The number of fused-ring (bicyclic) bond motifs is 1. The van der Waals surface area contributed by atoms with Gasteiger partial charge in [0.25, 0.3) is 0 Å². The number of rotatable bonds is 5. The van der Waals surface area contributed by atoms with Crippen molar-refractivity contribution in [3.05, 3.63) is 11.8 Å². The quantitative estimate of drug-likeness (QED) is 0.326. The van der Waals surface area contributed by atoms with Gasteiger partial charge in [-0.1, -0.05) is 0 Å². The molecule has 3 unspecified atom stereocenters. The molecule has 4 atom stereocenters. The van der Waals surface area contributed by atoms with Gasteiger partial charge in [0.2, 0.25) is 21.8 Å². The number of primary sulfonamides is 1. The number of carboxylic acids is 1. The van der Waals surface area contributed by atoms with E-state index in [9.17, 15) is 33.0 Å². The first kappa shape index (κ1) is 19.1. The summed E-state index contributed by atoms with van der Waals surface area (Å²) in [5.41, 5.74) is 3.32. The molecule has 1 fully saturated rings. The highest BCUT2D eigenvalue weighted by atomic mass is 32.2. The number of nitrogens with one attached hydrogen (secondary N) is 1. The van der Waals surface area contributed by atoms with Crippen LogP contribution in [0, 0.1) is 11.8 Å². The highest BCUT2D eigenvalue weighted by Crippen LogP contribution is 2.46. The van der Waals surface area contributed by atoms with Crippen LogP contribution < -0.4 is 16.2 Å². The van der Waals surface area contributed by atoms with E-state index in [4.69, 9.17) is 10.9 Å². The summed E-state index contributed by atoms with van der Waals surface area (Å²) in [5.74, 6) is -6.14. The summed E-state index contributed by atoms with van der Waals surface area (Å²) in [6.07, 6.45) is -0.186. The number of carbonyl (C=O) groups excluding carboxylic acids is 2. The molecule has 0 bridgehead atoms. The molecule has 2 amide bonds. The van der Waals surface area contributed by atoms with Crippen molar-refractivity contribution >= 4 is 27.8 Å². The van der Waals surface area contributed by atoms with Gasteiger partial charge in [-0.3, -0.25) is 9.59 Å². The van der Waals surface area contributed by atoms with Crippen molar-refractivity contribution in [2.24, 2.45) is 22.7 Å². The Morgan fingerprint density at radius 1 is 1.44 bits per heavy atom. The first-order valence-electron chi connectivity index (χ1n) is 7.33. The van der Waals surface area contributed by atoms with Gasteiger partial charge in [-0.15, -0.1) is 0 Å². The summed E-state index contributed by atoms with van der Waals surface area (Å²) < 4.78 is 22.2. The molecule has 25 heavy (non-hydrogen) atoms. The Balaban J connectivity index is 2.44. The van der Waals surface area contributed by atoms with Crippen molar-refractivity contribution in [3.63, 3.8) is 0 Å². The van der Waals surface area contributed by atoms with Crippen molar-refractivity contribution in [2.75, 3.05) is 19.3 Å². The van der Waals surface area contributed by atoms with Crippen molar-refractivity contribution in [2.45, 2.75) is 18.1 Å². The summed E-state index contributed by atoms with van der Waals surface area (Å²) in [6, 6.07) is 0. The lowest BCUT2D eigenvalue weighted by molar-refractivity contribution is -0.154. The number of hydrogen-bond donors (Lipinski definition) is 5. The van der Waals surface area contributed by atoms with Gasteiger partial charge in [-0.25, -0.2) is 18.4 Å². The third-order valence-electron chi connectivity index (χ3n) is 4.63. The number of aliphatic carboxylic acids is 1. The molecule has 0 saturated heterocycles. The largest absolute Gasteiger partial charge is 0.479 e. The van der Waals surface area contributed by atoms with Crippen LogP contribution in [0.25, 0.3) is 0 Å². The van der Waals surface area contributed by atoms with Crippen LogP contribution in [-0.2, 0) is 24.4 Å². The molecule has 140 valence electrons. The lowest BCUT2D eigenvalue weighted by Crippen LogP contribution is -2.66. The summed E-state index contributed by atoms with van der Waals surface area (Å²) in [4.78, 5) is 37.1. The number of nitrogens with zero attached hydrogens (tertiary/aromatic N) is 1. The van der Waals surface area contributed by atoms with E-state index in [-0.39, 0.29) is 18.5 Å². The van der Waals surface area contributed by atoms with Crippen LogP contribution in [0.5, 0.6) is 0 Å². The van der Waals surface area contributed by atoms with E-state index in [1.165, 1.54) is 11.1 Å². The topological polar surface area (TPSA) is 193 Å². The second kappa shape index (κ2) is 6.28. The molecule has 7 N–H and O–H groups in total. The third kappa shape index (κ3) is 3.45. The van der Waals surface area contributed by atoms with E-state index in [1.807, 2.05) is 0 Å². The average Bonchev–Trinajstić information content (AvgIpc) is 2.69. The SMILES string of the molecule is CN1C=C(C(N)=O)C2CC(O)[C@@](NC(=O)CS(N)(=O)=O)(C(=O)O)C2C1. The fraction of sp³-hybridized carbons (Fsp3) is 0.615. The second-order valence-corrected chi connectivity index (χ2v) is 8.00. The number of primary amides is 1. The highest BCUT2D eigenvalue weighted by Gasteiger charge is 2.62. The van der Waals surface area contributed by atoms with E-state index in [2.05, 4.69) is 5.32 Å². The molecule has 1 heterocycles. The maximum atomic E-state index is 12.0. The van der Waals surface area contributed by atoms with Crippen LogP contribution in [0.2, 0.25) is 0 Å². The maximum Gasteiger partial charge on any atom is 0.332 e. The number of aliphatic hydroxyl groups is 1. The average molecular weight is 376 g/mol. The number of hydrogen-bond acceptors (Lipinski definition) is 7. The molecule has 0 aromatic heterocycles. The van der Waals surface area contributed by atoms with E-state index >= 15 is 0 Å². The zero-order valence-corrected chi connectivity index (χ0v) is 14.2. The molecule has 2 aliphatic rings. The van der Waals surface area contributed by atoms with E-state index < -0.39 is 57.0 Å². The molecule has 1 saturated carbocycles. The summed E-state index contributed by atoms with van der Waals surface area (Å²) in [7, 11) is -2.60. The van der Waals surface area contributed by atoms with Crippen LogP contribution in [0.4, 0.5) is 0 Å². The number of nitrogens with two attached hydrogens (primary N) is 2. The Morgan fingerprint density at radius 2 is 2.04 bits per heavy atom. The highest BCUT2D eigenvalue weighted by molar-refractivity contribution is 7.89. The van der Waals surface area contributed by atoms with Crippen molar-refractivity contribution in [3.8, 4) is 0 Å². The molecule has 12 heteroatoms. The van der Waals surface area contributed by atoms with Gasteiger partial charge < -0.3 is 26.2 Å². The third-order valence-corrected chi connectivity index (χ3v) is 5.30. The van der Waals surface area contributed by atoms with E-state index in [0.29, 0.717) is 0 Å². The Kier molecular flexibility index (Phi) is 4.81. The summed E-state index contributed by atoms with van der Waals surface area (Å²) in [6.45, 7) is 0.112. The van der Waals surface area contributed by atoms with Crippen LogP contribution in [-0.4, -0.2) is 72.3 Å². The zero-order valence-electron chi connectivity index (χ0n) is 13.4. The Hall–Kier alpha value is -2.18. The van der Waals surface area contributed by atoms with Crippen LogP contribution in [0.1, 0.15) is 6.42 Å². The molecular formula is C13H20N4O7S. The van der Waals surface area contributed by atoms with Gasteiger partial charge >= 0.3 is 5.97 Å². The normalized spacial score (nSPS) is 31.9. The van der Waals surface area contributed by atoms with Crippen LogP contribution in [0.3, 0.4) is 0 Å². The van der Waals surface area contributed by atoms with Crippen molar-refractivity contribution in [1.82, 2.24) is 10.2 Å². The fourth-order valence-corrected chi connectivity index (χ4v) is 4.13. The monoisotopic (exact) mass is 376 g/mol. The minimum absolute atomic E-state index is 0.112. The van der Waals surface area contributed by atoms with Gasteiger partial charge in [0, 0.05) is 37.2 Å². The van der Waals surface area contributed by atoms with Crippen LogP contribution in [0.15, 0.2) is 11.8 Å². The first-order chi connectivity index (χ1) is 11.4. The van der Waals surface area contributed by atoms with Gasteiger partial charge in [-0.05, 0) is 6.42 Å². The molecule has 1 aliphatic heterocycles. The molecule has 11 nitrogen and oxygen atoms in total. The number of sulfonamides is 1. The van der Waals surface area contributed by atoms with Gasteiger partial charge in [0.1, 0.15) is 5.75 Å². The van der Waals surface area contributed by atoms with Gasteiger partial charge in [0.05, 0.1) is 6.10 Å². The van der Waals surface area contributed by atoms with Crippen molar-refractivity contribution < 1.29 is 33.0 Å². The fourth-order valence-electron chi connectivity index (χ4n) is 3.69. The molecule has 0 aromatic carbocycles. The van der Waals surface area contributed by atoms with E-state index in [0.717, 1.165) is 0 Å². The van der Waals surface area contributed by atoms with Crippen molar-refractivity contribution in [1.29, 1.82) is 0 Å². The molecule has 2 rings (SSSR count). The molecule has 0 radical (unpaired) electrons. The van der Waals surface area contributed by atoms with Crippen LogP contribution >= 0.6 is 0 Å². The van der Waals surface area contributed by atoms with Gasteiger partial charge in [-0.2, -0.15) is 0 Å². The zero-order chi connectivity index (χ0) is 19.2. The smallest absolute Gasteiger partial charge is 0.332 e. The predicted octanol–water partition coefficient (Wildman–Crippen LogP) is -3.47. The molecule has 0 spiro atoms. The minimum atomic E-state index is -4.18. The lowest BCUT2D eigenvalue weighted by atomic mass is 9.77. The summed E-state index contributed by atoms with van der Waals surface area (Å²) >= 11 is 0. The Labute approximate surface area is 143 Å². The number of amides is 2. The lowest BCUT2D eigenvalue weighted by Gasteiger charge is -2.40. The first-order valence-corrected chi connectivity index (χ1v) is 9.04. The maximum absolute atomic E-state index is 12.0. The molecule has 0 aromatic rings. The predicted molar refractivity (Wildman–Crippen MR) is 84.0 cm³/mol. The minimum Gasteiger partial charge on any atom is -0.479 e. The number of aliphatic hydroxyl groups excluding tert-OH is 1. The molecular weight excluding hydrogens is 356 g/mol. The second-order valence-electron chi connectivity index (χ2n) is 6.38. The van der Waals surface area contributed by atoms with E-state index in [1.54, 1.807) is 7.05 Å². The number of carbonyl (C=O) groups is 3. The Bertz CT molecular complexity index is 749.